The first kappa shape index (κ1) is 24.0. The highest BCUT2D eigenvalue weighted by Crippen LogP contribution is 2.68. The molecular formula is C26H42O6. The molecule has 6 heteroatoms. The molecule has 4 fully saturated rings. The zero-order valence-corrected chi connectivity index (χ0v) is 20.1. The van der Waals surface area contributed by atoms with Crippen molar-refractivity contribution in [3.63, 3.8) is 0 Å². The van der Waals surface area contributed by atoms with Crippen LogP contribution in [0.15, 0.2) is 0 Å². The number of hydrogen-bond acceptors (Lipinski definition) is 5. The van der Waals surface area contributed by atoms with Gasteiger partial charge in [0.1, 0.15) is 6.10 Å². The van der Waals surface area contributed by atoms with E-state index in [0.29, 0.717) is 24.7 Å². The molecule has 182 valence electrons. The van der Waals surface area contributed by atoms with Crippen molar-refractivity contribution in [2.75, 3.05) is 0 Å². The van der Waals surface area contributed by atoms with Crippen molar-refractivity contribution in [1.29, 1.82) is 0 Å². The lowest BCUT2D eigenvalue weighted by molar-refractivity contribution is -0.209. The Morgan fingerprint density at radius 1 is 1.06 bits per heavy atom. The molecule has 32 heavy (non-hydrogen) atoms. The predicted molar refractivity (Wildman–Crippen MR) is 120 cm³/mol. The minimum atomic E-state index is -0.758. The number of hydrogen-bond donors (Lipinski definition) is 3. The molecule has 3 N–H and O–H groups in total. The molecule has 4 saturated carbocycles. The van der Waals surface area contributed by atoms with Crippen molar-refractivity contribution >= 4 is 11.9 Å². The van der Waals surface area contributed by atoms with Crippen LogP contribution in [0.1, 0.15) is 85.5 Å². The van der Waals surface area contributed by atoms with Gasteiger partial charge in [-0.25, -0.2) is 0 Å². The van der Waals surface area contributed by atoms with Crippen LogP contribution in [0.2, 0.25) is 0 Å². The molecule has 0 radical (unpaired) electrons. The number of aliphatic carboxylic acids is 1. The van der Waals surface area contributed by atoms with Crippen molar-refractivity contribution in [3.05, 3.63) is 0 Å². The summed E-state index contributed by atoms with van der Waals surface area (Å²) < 4.78 is 5.53. The fourth-order valence-electron chi connectivity index (χ4n) is 9.01. The van der Waals surface area contributed by atoms with Crippen LogP contribution in [0.4, 0.5) is 0 Å². The number of aliphatic hydroxyl groups is 2. The number of fused-ring (bicyclic) bond motifs is 5. The summed E-state index contributed by atoms with van der Waals surface area (Å²) in [6.07, 6.45) is 6.05. The zero-order valence-electron chi connectivity index (χ0n) is 20.1. The van der Waals surface area contributed by atoms with Crippen molar-refractivity contribution < 1.29 is 29.6 Å². The molecule has 0 spiro atoms. The van der Waals surface area contributed by atoms with Crippen LogP contribution in [0.25, 0.3) is 0 Å². The number of carbonyl (C=O) groups is 2. The van der Waals surface area contributed by atoms with E-state index in [-0.39, 0.29) is 59.1 Å². The molecule has 0 bridgehead atoms. The van der Waals surface area contributed by atoms with E-state index < -0.39 is 12.1 Å². The average Bonchev–Trinajstić information content (AvgIpc) is 3.06. The number of carbonyl (C=O) groups excluding carboxylic acids is 1. The highest BCUT2D eigenvalue weighted by atomic mass is 16.5. The van der Waals surface area contributed by atoms with Crippen LogP contribution in [-0.2, 0) is 14.3 Å². The average molecular weight is 451 g/mol. The lowest BCUT2D eigenvalue weighted by Crippen LogP contribution is -2.62. The van der Waals surface area contributed by atoms with Gasteiger partial charge < -0.3 is 20.1 Å². The number of ether oxygens (including phenoxy) is 1. The maximum atomic E-state index is 11.6. The maximum Gasteiger partial charge on any atom is 0.303 e. The molecule has 6 nitrogen and oxygen atoms in total. The Kier molecular flexibility index (Phi) is 6.43. The normalized spacial score (nSPS) is 48.8. The quantitative estimate of drug-likeness (QED) is 0.547. The highest BCUT2D eigenvalue weighted by molar-refractivity contribution is 5.66. The van der Waals surface area contributed by atoms with Crippen LogP contribution >= 0.6 is 0 Å². The number of esters is 1. The standard InChI is InChI=1S/C26H42O6/c1-14(5-8-23(30)31)18-6-7-19-24-20(13-22(29)26(18,19)4)25(3)10-9-17(32-15(2)27)11-16(25)12-21(24)28/h14,16-22,24,28-29H,5-13H2,1-4H3,(H,30,31)/t14-,16?,17-,18?,19?,20?,21-,22+,24?,25+,26-/m1/s1. The minimum Gasteiger partial charge on any atom is -0.481 e. The van der Waals surface area contributed by atoms with Crippen LogP contribution in [-0.4, -0.2) is 45.6 Å². The third-order valence-corrected chi connectivity index (χ3v) is 10.6. The smallest absolute Gasteiger partial charge is 0.303 e. The van der Waals surface area contributed by atoms with Gasteiger partial charge in [-0.3, -0.25) is 9.59 Å². The second-order valence-corrected chi connectivity index (χ2v) is 12.0. The Bertz CT molecular complexity index is 738. The van der Waals surface area contributed by atoms with Gasteiger partial charge in [0.2, 0.25) is 0 Å². The predicted octanol–water partition coefficient (Wildman–Crippen LogP) is 4.02. The molecule has 0 heterocycles. The van der Waals surface area contributed by atoms with Gasteiger partial charge in [-0.15, -0.1) is 0 Å². The van der Waals surface area contributed by atoms with Gasteiger partial charge in [-0.1, -0.05) is 20.8 Å². The summed E-state index contributed by atoms with van der Waals surface area (Å²) >= 11 is 0. The molecule has 4 rings (SSSR count). The van der Waals surface area contributed by atoms with E-state index in [2.05, 4.69) is 20.8 Å². The van der Waals surface area contributed by atoms with Gasteiger partial charge in [0, 0.05) is 13.3 Å². The van der Waals surface area contributed by atoms with Gasteiger partial charge in [0.15, 0.2) is 0 Å². The first-order valence-electron chi connectivity index (χ1n) is 12.7. The van der Waals surface area contributed by atoms with Crippen molar-refractivity contribution in [1.82, 2.24) is 0 Å². The topological polar surface area (TPSA) is 104 Å². The molecule has 4 aliphatic carbocycles. The molecular weight excluding hydrogens is 408 g/mol. The van der Waals surface area contributed by atoms with E-state index in [1.807, 2.05) is 0 Å². The second-order valence-electron chi connectivity index (χ2n) is 12.0. The first-order valence-corrected chi connectivity index (χ1v) is 12.7. The summed E-state index contributed by atoms with van der Waals surface area (Å²) in [6, 6.07) is 0. The molecule has 0 saturated heterocycles. The number of carboxylic acid groups (broad SMARTS) is 1. The van der Waals surface area contributed by atoms with Crippen molar-refractivity contribution in [2.24, 2.45) is 46.3 Å². The molecule has 0 aromatic rings. The minimum absolute atomic E-state index is 0.0515. The van der Waals surface area contributed by atoms with Crippen molar-refractivity contribution in [2.45, 2.75) is 104 Å². The van der Waals surface area contributed by atoms with E-state index in [1.165, 1.54) is 6.92 Å². The summed E-state index contributed by atoms with van der Waals surface area (Å²) in [7, 11) is 0. The lowest BCUT2D eigenvalue weighted by Gasteiger charge is -2.63. The highest BCUT2D eigenvalue weighted by Gasteiger charge is 2.65. The van der Waals surface area contributed by atoms with Gasteiger partial charge in [-0.2, -0.15) is 0 Å². The molecule has 11 atom stereocenters. The lowest BCUT2D eigenvalue weighted by atomic mass is 9.43. The SMILES string of the molecule is CC(=O)O[C@@H]1CC[C@@]2(C)C(C1)C[C@@H](O)C1C2C[C@H](O)[C@@]2(C)C1CCC2[C@H](C)CCC(=O)O. The summed E-state index contributed by atoms with van der Waals surface area (Å²) in [4.78, 5) is 22.6. The van der Waals surface area contributed by atoms with Crippen LogP contribution < -0.4 is 0 Å². The summed E-state index contributed by atoms with van der Waals surface area (Å²) in [5, 5.41) is 32.1. The fraction of sp³-hybridized carbons (Fsp3) is 0.923. The maximum absolute atomic E-state index is 11.6. The Hall–Kier alpha value is -1.14. The Morgan fingerprint density at radius 2 is 1.78 bits per heavy atom. The number of aliphatic hydroxyl groups excluding tert-OH is 2. The van der Waals surface area contributed by atoms with Gasteiger partial charge in [0.25, 0.3) is 0 Å². The van der Waals surface area contributed by atoms with Gasteiger partial charge in [-0.05, 0) is 97.7 Å². The van der Waals surface area contributed by atoms with E-state index in [9.17, 15) is 19.8 Å². The largest absolute Gasteiger partial charge is 0.481 e. The van der Waals surface area contributed by atoms with E-state index in [1.54, 1.807) is 0 Å². The van der Waals surface area contributed by atoms with Crippen LogP contribution in [0.5, 0.6) is 0 Å². The second kappa shape index (κ2) is 8.57. The summed E-state index contributed by atoms with van der Waals surface area (Å²) in [5.41, 5.74) is -0.214. The van der Waals surface area contributed by atoms with E-state index in [0.717, 1.165) is 38.5 Å². The summed E-state index contributed by atoms with van der Waals surface area (Å²) in [6.45, 7) is 8.17. The molecule has 0 aromatic carbocycles. The molecule has 0 aliphatic heterocycles. The third-order valence-electron chi connectivity index (χ3n) is 10.6. The van der Waals surface area contributed by atoms with E-state index >= 15 is 0 Å². The number of carboxylic acids is 1. The van der Waals surface area contributed by atoms with E-state index in [4.69, 9.17) is 9.84 Å². The van der Waals surface area contributed by atoms with Crippen molar-refractivity contribution in [3.8, 4) is 0 Å². The first-order chi connectivity index (χ1) is 15.0. The van der Waals surface area contributed by atoms with Crippen LogP contribution in [0, 0.1) is 46.3 Å². The Morgan fingerprint density at radius 3 is 2.44 bits per heavy atom. The van der Waals surface area contributed by atoms with Gasteiger partial charge >= 0.3 is 11.9 Å². The van der Waals surface area contributed by atoms with Crippen LogP contribution in [0.3, 0.4) is 0 Å². The number of rotatable bonds is 5. The van der Waals surface area contributed by atoms with Gasteiger partial charge in [0.05, 0.1) is 12.2 Å². The molecule has 5 unspecified atom stereocenters. The molecule has 0 aromatic heterocycles. The fourth-order valence-corrected chi connectivity index (χ4v) is 9.01. The molecule has 4 aliphatic rings. The summed E-state index contributed by atoms with van der Waals surface area (Å²) in [5.74, 6) is 0.586. The zero-order chi connectivity index (χ0) is 23.4. The third kappa shape index (κ3) is 3.79. The molecule has 0 amide bonds. The Balaban J connectivity index is 1.56. The Labute approximate surface area is 192 Å². The monoisotopic (exact) mass is 450 g/mol.